The second kappa shape index (κ2) is 7.97. The van der Waals surface area contributed by atoms with E-state index in [1.165, 1.54) is 12.3 Å². The molecular weight excluding hydrogens is 396 g/mol. The number of anilines is 1. The van der Waals surface area contributed by atoms with Gasteiger partial charge in [-0.3, -0.25) is 0 Å². The molecule has 0 radical (unpaired) electrons. The smallest absolute Gasteiger partial charge is 0.406 e. The summed E-state index contributed by atoms with van der Waals surface area (Å²) in [5.41, 5.74) is 6.75. The molecule has 1 atom stereocenters. The number of carbonyl (C=O) groups is 1. The Morgan fingerprint density at radius 2 is 1.90 bits per heavy atom. The van der Waals surface area contributed by atoms with Gasteiger partial charge in [-0.25, -0.2) is 18.2 Å². The molecule has 0 aliphatic carbocycles. The first kappa shape index (κ1) is 19.6. The third kappa shape index (κ3) is 3.91. The number of fused-ring (bicyclic) bond motifs is 1. The molecule has 10 heteroatoms. The van der Waals surface area contributed by atoms with Crippen LogP contribution in [0.15, 0.2) is 47.5 Å². The van der Waals surface area contributed by atoms with Gasteiger partial charge >= 0.3 is 6.09 Å². The van der Waals surface area contributed by atoms with Crippen molar-refractivity contribution in [3.63, 3.8) is 0 Å². The van der Waals surface area contributed by atoms with Crippen molar-refractivity contribution in [1.29, 1.82) is 0 Å². The van der Waals surface area contributed by atoms with Gasteiger partial charge < -0.3 is 20.1 Å². The van der Waals surface area contributed by atoms with Gasteiger partial charge in [-0.05, 0) is 24.1 Å². The summed E-state index contributed by atoms with van der Waals surface area (Å²) in [6.45, 7) is 2.80. The van der Waals surface area contributed by atoms with Crippen LogP contribution in [0.4, 0.5) is 10.6 Å². The second-order valence-corrected chi connectivity index (χ2v) is 8.70. The number of benzene rings is 1. The van der Waals surface area contributed by atoms with E-state index in [1.807, 2.05) is 17.0 Å². The van der Waals surface area contributed by atoms with Crippen molar-refractivity contribution in [1.82, 2.24) is 9.29 Å². The summed E-state index contributed by atoms with van der Waals surface area (Å²) in [6, 6.07) is 10.5. The normalized spacial score (nSPS) is 20.1. The Bertz CT molecular complexity index is 990. The van der Waals surface area contributed by atoms with Crippen molar-refractivity contribution >= 4 is 21.9 Å². The Hall–Kier alpha value is -2.69. The zero-order chi connectivity index (χ0) is 20.4. The van der Waals surface area contributed by atoms with Crippen LogP contribution in [-0.2, 0) is 25.9 Å². The maximum absolute atomic E-state index is 13.3. The van der Waals surface area contributed by atoms with E-state index >= 15 is 0 Å². The summed E-state index contributed by atoms with van der Waals surface area (Å²) >= 11 is 0. The lowest BCUT2D eigenvalue weighted by Gasteiger charge is -2.35. The number of amides is 1. The van der Waals surface area contributed by atoms with Crippen LogP contribution >= 0.6 is 0 Å². The molecule has 1 fully saturated rings. The molecule has 2 aromatic rings. The van der Waals surface area contributed by atoms with Gasteiger partial charge in [0.05, 0.1) is 13.2 Å². The van der Waals surface area contributed by atoms with E-state index in [2.05, 4.69) is 4.98 Å². The number of nitrogens with zero attached hydrogens (tertiary/aromatic N) is 3. The number of nitrogens with two attached hydrogens (primary N) is 1. The molecule has 1 aromatic carbocycles. The van der Waals surface area contributed by atoms with Gasteiger partial charge in [0.2, 0.25) is 10.0 Å². The highest BCUT2D eigenvalue weighted by atomic mass is 32.2. The maximum Gasteiger partial charge on any atom is 0.406 e. The van der Waals surface area contributed by atoms with Crippen LogP contribution in [0.2, 0.25) is 0 Å². The molecule has 3 heterocycles. The lowest BCUT2D eigenvalue weighted by molar-refractivity contribution is 0.0295. The SMILES string of the molecule is NC(=O)OC1c2ccccc2CCN1S(=O)(=O)c1ccc(N2CCOCC2)nc1. The van der Waals surface area contributed by atoms with E-state index in [-0.39, 0.29) is 11.4 Å². The van der Waals surface area contributed by atoms with Crippen LogP contribution in [0, 0.1) is 0 Å². The molecule has 0 bridgehead atoms. The lowest BCUT2D eigenvalue weighted by atomic mass is 10.00. The van der Waals surface area contributed by atoms with E-state index in [0.717, 1.165) is 9.87 Å². The summed E-state index contributed by atoms with van der Waals surface area (Å²) in [5, 5.41) is 0. The Labute approximate surface area is 169 Å². The van der Waals surface area contributed by atoms with Crippen molar-refractivity contribution < 1.29 is 22.7 Å². The van der Waals surface area contributed by atoms with Gasteiger partial charge in [0.15, 0.2) is 6.23 Å². The highest BCUT2D eigenvalue weighted by Crippen LogP contribution is 2.35. The van der Waals surface area contributed by atoms with E-state index in [1.54, 1.807) is 18.2 Å². The van der Waals surface area contributed by atoms with E-state index < -0.39 is 22.3 Å². The van der Waals surface area contributed by atoms with Gasteiger partial charge in [0.1, 0.15) is 10.7 Å². The van der Waals surface area contributed by atoms with Crippen LogP contribution in [0.25, 0.3) is 0 Å². The molecule has 1 unspecified atom stereocenters. The predicted octanol–water partition coefficient (Wildman–Crippen LogP) is 1.26. The van der Waals surface area contributed by atoms with E-state index in [4.69, 9.17) is 15.2 Å². The largest absolute Gasteiger partial charge is 0.425 e. The highest BCUT2D eigenvalue weighted by molar-refractivity contribution is 7.89. The highest BCUT2D eigenvalue weighted by Gasteiger charge is 2.38. The number of hydrogen-bond acceptors (Lipinski definition) is 7. The third-order valence-electron chi connectivity index (χ3n) is 5.07. The minimum Gasteiger partial charge on any atom is -0.425 e. The number of sulfonamides is 1. The topological polar surface area (TPSA) is 115 Å². The molecule has 1 saturated heterocycles. The molecule has 154 valence electrons. The summed E-state index contributed by atoms with van der Waals surface area (Å²) in [7, 11) is -3.95. The lowest BCUT2D eigenvalue weighted by Crippen LogP contribution is -2.42. The Kier molecular flexibility index (Phi) is 5.39. The summed E-state index contributed by atoms with van der Waals surface area (Å²) in [5.74, 6) is 0.696. The number of hydrogen-bond donors (Lipinski definition) is 1. The first-order chi connectivity index (χ1) is 14.0. The van der Waals surface area contributed by atoms with Crippen molar-refractivity contribution in [2.45, 2.75) is 17.5 Å². The number of carbonyl (C=O) groups excluding carboxylic acids is 1. The average Bonchev–Trinajstić information content (AvgIpc) is 2.74. The molecule has 9 nitrogen and oxygen atoms in total. The summed E-state index contributed by atoms with van der Waals surface area (Å²) in [6.07, 6.45) is -0.302. The predicted molar refractivity (Wildman–Crippen MR) is 105 cm³/mol. The van der Waals surface area contributed by atoms with Crippen LogP contribution in [0.5, 0.6) is 0 Å². The minimum absolute atomic E-state index is 0.0342. The zero-order valence-corrected chi connectivity index (χ0v) is 16.5. The summed E-state index contributed by atoms with van der Waals surface area (Å²) in [4.78, 5) is 17.9. The molecule has 1 amide bonds. The van der Waals surface area contributed by atoms with Gasteiger partial charge in [-0.1, -0.05) is 24.3 Å². The number of aromatic nitrogens is 1. The first-order valence-corrected chi connectivity index (χ1v) is 10.8. The molecule has 0 spiro atoms. The fraction of sp³-hybridized carbons (Fsp3) is 0.368. The van der Waals surface area contributed by atoms with E-state index in [9.17, 15) is 13.2 Å². The Balaban J connectivity index is 1.64. The molecule has 2 aliphatic heterocycles. The van der Waals surface area contributed by atoms with Crippen molar-refractivity contribution in [2.24, 2.45) is 5.73 Å². The minimum atomic E-state index is -3.95. The van der Waals surface area contributed by atoms with Crippen LogP contribution in [-0.4, -0.2) is 56.6 Å². The fourth-order valence-electron chi connectivity index (χ4n) is 3.62. The standard InChI is InChI=1S/C19H22N4O5S/c20-19(24)28-18-16-4-2-1-3-14(16)7-8-23(18)29(25,26)15-5-6-17(21-13-15)22-9-11-27-12-10-22/h1-6,13,18H,7-12H2,(H2,20,24). The second-order valence-electron chi connectivity index (χ2n) is 6.81. The number of primary amides is 1. The average molecular weight is 418 g/mol. The van der Waals surface area contributed by atoms with E-state index in [0.29, 0.717) is 44.1 Å². The monoisotopic (exact) mass is 418 g/mol. The molecule has 2 N–H and O–H groups in total. The Morgan fingerprint density at radius 3 is 2.59 bits per heavy atom. The quantitative estimate of drug-likeness (QED) is 0.795. The van der Waals surface area contributed by atoms with Crippen LogP contribution in [0.1, 0.15) is 17.4 Å². The molecule has 2 aliphatic rings. The van der Waals surface area contributed by atoms with Crippen molar-refractivity contribution in [3.8, 4) is 0 Å². The van der Waals surface area contributed by atoms with Crippen LogP contribution < -0.4 is 10.6 Å². The first-order valence-electron chi connectivity index (χ1n) is 9.31. The molecule has 0 saturated carbocycles. The zero-order valence-electron chi connectivity index (χ0n) is 15.7. The third-order valence-corrected chi connectivity index (χ3v) is 6.90. The van der Waals surface area contributed by atoms with Gasteiger partial charge in [0, 0.05) is 31.4 Å². The number of morpholine rings is 1. The number of pyridine rings is 1. The molecule has 4 rings (SSSR count). The molecular formula is C19H22N4O5S. The number of ether oxygens (including phenoxy) is 2. The van der Waals surface area contributed by atoms with Gasteiger partial charge in [-0.15, -0.1) is 0 Å². The summed E-state index contributed by atoms with van der Waals surface area (Å²) < 4.78 is 38.3. The number of rotatable bonds is 4. The van der Waals surface area contributed by atoms with Gasteiger partial charge in [0.25, 0.3) is 0 Å². The van der Waals surface area contributed by atoms with Gasteiger partial charge in [-0.2, -0.15) is 4.31 Å². The fourth-order valence-corrected chi connectivity index (χ4v) is 5.06. The van der Waals surface area contributed by atoms with Crippen LogP contribution in [0.3, 0.4) is 0 Å². The maximum atomic E-state index is 13.3. The Morgan fingerprint density at radius 1 is 1.14 bits per heavy atom. The molecule has 1 aromatic heterocycles. The van der Waals surface area contributed by atoms with Crippen molar-refractivity contribution in [3.05, 3.63) is 53.7 Å². The van der Waals surface area contributed by atoms with Crippen molar-refractivity contribution in [2.75, 3.05) is 37.7 Å². The molecule has 29 heavy (non-hydrogen) atoms.